The molecule has 0 fully saturated rings. The maximum Gasteiger partial charge on any atom is 0.255 e. The zero-order valence-electron chi connectivity index (χ0n) is 18.2. The largest absolute Gasteiger partial charge is 0.497 e. The van der Waals surface area contributed by atoms with Gasteiger partial charge in [-0.25, -0.2) is 4.68 Å². The standard InChI is InChI=1S/C25H25N5O3/c1-33-24-6-2-4-18(16-24)25(32)27-21-9-7-19(8-10-21)26-20-11-13-23(14-12-20)30-17-22(28-29-30)5-3-15-31/h2,4,6-14,16-17,26,31H,3,5,15H2,1H3,(H,27,32). The smallest absolute Gasteiger partial charge is 0.255 e. The minimum absolute atomic E-state index is 0.142. The summed E-state index contributed by atoms with van der Waals surface area (Å²) in [7, 11) is 1.57. The van der Waals surface area contributed by atoms with Crippen LogP contribution in [-0.2, 0) is 6.42 Å². The van der Waals surface area contributed by atoms with E-state index < -0.39 is 0 Å². The highest BCUT2D eigenvalue weighted by atomic mass is 16.5. The first kappa shape index (κ1) is 22.0. The Morgan fingerprint density at radius 1 is 1.00 bits per heavy atom. The first-order valence-corrected chi connectivity index (χ1v) is 10.6. The van der Waals surface area contributed by atoms with Crippen molar-refractivity contribution in [3.8, 4) is 11.4 Å². The van der Waals surface area contributed by atoms with E-state index in [0.717, 1.165) is 22.8 Å². The van der Waals surface area contributed by atoms with Crippen molar-refractivity contribution in [1.29, 1.82) is 0 Å². The molecule has 0 aliphatic rings. The lowest BCUT2D eigenvalue weighted by atomic mass is 10.2. The number of carbonyl (C=O) groups is 1. The minimum atomic E-state index is -0.196. The van der Waals surface area contributed by atoms with E-state index in [1.54, 1.807) is 36.1 Å². The molecular weight excluding hydrogens is 418 g/mol. The third-order valence-corrected chi connectivity index (χ3v) is 5.03. The van der Waals surface area contributed by atoms with E-state index in [2.05, 4.69) is 20.9 Å². The highest BCUT2D eigenvalue weighted by Gasteiger charge is 2.08. The van der Waals surface area contributed by atoms with Crippen LogP contribution in [0, 0.1) is 0 Å². The molecule has 0 aliphatic heterocycles. The Morgan fingerprint density at radius 2 is 1.70 bits per heavy atom. The first-order chi connectivity index (χ1) is 16.1. The number of benzene rings is 3. The number of rotatable bonds is 9. The number of ether oxygens (including phenoxy) is 1. The van der Waals surface area contributed by atoms with Crippen LogP contribution in [0.15, 0.2) is 79.0 Å². The van der Waals surface area contributed by atoms with Crippen LogP contribution in [-0.4, -0.2) is 39.7 Å². The normalized spacial score (nSPS) is 10.6. The molecule has 168 valence electrons. The predicted octanol–water partition coefficient (Wildman–Crippen LogP) is 4.20. The van der Waals surface area contributed by atoms with Crippen molar-refractivity contribution >= 4 is 23.0 Å². The fraction of sp³-hybridized carbons (Fsp3) is 0.160. The minimum Gasteiger partial charge on any atom is -0.497 e. The third-order valence-electron chi connectivity index (χ3n) is 5.03. The van der Waals surface area contributed by atoms with Crippen molar-refractivity contribution in [1.82, 2.24) is 15.0 Å². The molecule has 33 heavy (non-hydrogen) atoms. The van der Waals surface area contributed by atoms with E-state index in [9.17, 15) is 4.79 Å². The summed E-state index contributed by atoms with van der Waals surface area (Å²) in [4.78, 5) is 12.5. The lowest BCUT2D eigenvalue weighted by molar-refractivity contribution is 0.102. The van der Waals surface area contributed by atoms with Gasteiger partial charge in [-0.15, -0.1) is 5.10 Å². The molecule has 0 bridgehead atoms. The van der Waals surface area contributed by atoms with Gasteiger partial charge in [-0.05, 0) is 79.6 Å². The van der Waals surface area contributed by atoms with Gasteiger partial charge in [0.25, 0.3) is 5.91 Å². The second kappa shape index (κ2) is 10.4. The van der Waals surface area contributed by atoms with Crippen molar-refractivity contribution in [2.75, 3.05) is 24.4 Å². The van der Waals surface area contributed by atoms with Gasteiger partial charge in [0.2, 0.25) is 0 Å². The van der Waals surface area contributed by atoms with Crippen molar-refractivity contribution in [3.63, 3.8) is 0 Å². The van der Waals surface area contributed by atoms with Crippen LogP contribution in [0.4, 0.5) is 17.1 Å². The molecule has 0 radical (unpaired) electrons. The highest BCUT2D eigenvalue weighted by Crippen LogP contribution is 2.21. The van der Waals surface area contributed by atoms with Crippen LogP contribution in [0.1, 0.15) is 22.5 Å². The highest BCUT2D eigenvalue weighted by molar-refractivity contribution is 6.04. The number of aromatic nitrogens is 3. The second-order valence-corrected chi connectivity index (χ2v) is 7.42. The number of carbonyl (C=O) groups excluding carboxylic acids is 1. The zero-order valence-corrected chi connectivity index (χ0v) is 18.2. The number of aryl methyl sites for hydroxylation is 1. The summed E-state index contributed by atoms with van der Waals surface area (Å²) in [6.07, 6.45) is 3.24. The molecule has 3 N–H and O–H groups in total. The molecule has 0 saturated carbocycles. The van der Waals surface area contributed by atoms with Crippen molar-refractivity contribution in [2.24, 2.45) is 0 Å². The van der Waals surface area contributed by atoms with Crippen LogP contribution in [0.25, 0.3) is 5.69 Å². The van der Waals surface area contributed by atoms with E-state index >= 15 is 0 Å². The summed E-state index contributed by atoms with van der Waals surface area (Å²) in [6, 6.07) is 22.3. The van der Waals surface area contributed by atoms with Gasteiger partial charge >= 0.3 is 0 Å². The Morgan fingerprint density at radius 3 is 2.39 bits per heavy atom. The number of hydrogen-bond acceptors (Lipinski definition) is 6. The van der Waals surface area contributed by atoms with Crippen LogP contribution in [0.2, 0.25) is 0 Å². The Kier molecular flexibility index (Phi) is 6.96. The Balaban J connectivity index is 1.35. The van der Waals surface area contributed by atoms with E-state index in [4.69, 9.17) is 9.84 Å². The van der Waals surface area contributed by atoms with Gasteiger partial charge in [0.05, 0.1) is 24.7 Å². The van der Waals surface area contributed by atoms with Crippen LogP contribution >= 0.6 is 0 Å². The summed E-state index contributed by atoms with van der Waals surface area (Å²) in [6.45, 7) is 0.142. The molecule has 1 heterocycles. The topological polar surface area (TPSA) is 101 Å². The molecule has 0 saturated heterocycles. The number of nitrogens with zero attached hydrogens (tertiary/aromatic N) is 3. The molecule has 1 amide bonds. The lowest BCUT2D eigenvalue weighted by Gasteiger charge is -2.10. The number of methoxy groups -OCH3 is 1. The summed E-state index contributed by atoms with van der Waals surface area (Å²) in [5, 5.41) is 23.4. The van der Waals surface area contributed by atoms with Gasteiger partial charge in [0.1, 0.15) is 5.75 Å². The molecule has 1 aromatic heterocycles. The van der Waals surface area contributed by atoms with Gasteiger partial charge in [-0.3, -0.25) is 4.79 Å². The Labute approximate surface area is 191 Å². The van der Waals surface area contributed by atoms with Crippen molar-refractivity contribution in [3.05, 3.63) is 90.3 Å². The molecule has 4 rings (SSSR count). The average molecular weight is 444 g/mol. The number of anilines is 3. The van der Waals surface area contributed by atoms with Gasteiger partial charge in [0, 0.05) is 29.2 Å². The van der Waals surface area contributed by atoms with Gasteiger partial charge in [-0.2, -0.15) is 0 Å². The molecule has 8 nitrogen and oxygen atoms in total. The number of aliphatic hydroxyl groups is 1. The molecule has 4 aromatic rings. The SMILES string of the molecule is COc1cccc(C(=O)Nc2ccc(Nc3ccc(-n4cc(CCCO)nn4)cc3)cc2)c1. The maximum absolute atomic E-state index is 12.5. The molecule has 0 spiro atoms. The van der Waals surface area contributed by atoms with E-state index in [1.165, 1.54) is 0 Å². The lowest BCUT2D eigenvalue weighted by Crippen LogP contribution is -2.11. The number of hydrogen-bond donors (Lipinski definition) is 3. The van der Waals surface area contributed by atoms with Crippen molar-refractivity contribution < 1.29 is 14.6 Å². The van der Waals surface area contributed by atoms with Crippen LogP contribution in [0.5, 0.6) is 5.75 Å². The number of nitrogens with one attached hydrogen (secondary N) is 2. The number of amides is 1. The third kappa shape index (κ3) is 5.75. The maximum atomic E-state index is 12.5. The fourth-order valence-electron chi connectivity index (χ4n) is 3.27. The Hall–Kier alpha value is -4.17. The fourth-order valence-corrected chi connectivity index (χ4v) is 3.27. The molecular formula is C25H25N5O3. The van der Waals surface area contributed by atoms with Crippen LogP contribution < -0.4 is 15.4 Å². The van der Waals surface area contributed by atoms with E-state index in [1.807, 2.05) is 54.7 Å². The molecule has 3 aromatic carbocycles. The van der Waals surface area contributed by atoms with Crippen LogP contribution in [0.3, 0.4) is 0 Å². The summed E-state index contributed by atoms with van der Waals surface area (Å²) in [5.41, 5.74) is 4.81. The Bertz CT molecular complexity index is 1200. The van der Waals surface area contributed by atoms with Gasteiger partial charge < -0.3 is 20.5 Å². The summed E-state index contributed by atoms with van der Waals surface area (Å²) >= 11 is 0. The molecule has 8 heteroatoms. The second-order valence-electron chi connectivity index (χ2n) is 7.42. The molecule has 0 atom stereocenters. The summed E-state index contributed by atoms with van der Waals surface area (Å²) in [5.74, 6) is 0.442. The van der Waals surface area contributed by atoms with Gasteiger partial charge in [0.15, 0.2) is 0 Å². The monoisotopic (exact) mass is 443 g/mol. The first-order valence-electron chi connectivity index (χ1n) is 10.6. The number of aliphatic hydroxyl groups excluding tert-OH is 1. The average Bonchev–Trinajstić information content (AvgIpc) is 3.33. The molecule has 0 aliphatic carbocycles. The summed E-state index contributed by atoms with van der Waals surface area (Å²) < 4.78 is 6.89. The molecule has 0 unspecified atom stereocenters. The quantitative estimate of drug-likeness (QED) is 0.358. The predicted molar refractivity (Wildman–Crippen MR) is 127 cm³/mol. The zero-order chi connectivity index (χ0) is 23.0. The van der Waals surface area contributed by atoms with E-state index in [0.29, 0.717) is 29.8 Å². The van der Waals surface area contributed by atoms with Gasteiger partial charge in [-0.1, -0.05) is 11.3 Å². The van der Waals surface area contributed by atoms with E-state index in [-0.39, 0.29) is 12.5 Å². The van der Waals surface area contributed by atoms with Crippen molar-refractivity contribution in [2.45, 2.75) is 12.8 Å².